The summed E-state index contributed by atoms with van der Waals surface area (Å²) in [6, 6.07) is 8.16. The molecule has 1 rings (SSSR count). The summed E-state index contributed by atoms with van der Waals surface area (Å²) in [6.45, 7) is 2.08. The SMILES string of the molecule is COCc1ccccc1CNCCC(=O)N(C)C. The highest BCUT2D eigenvalue weighted by molar-refractivity contribution is 5.75. The normalized spacial score (nSPS) is 10.4. The van der Waals surface area contributed by atoms with E-state index in [2.05, 4.69) is 17.4 Å². The number of ether oxygens (including phenoxy) is 1. The highest BCUT2D eigenvalue weighted by atomic mass is 16.5. The van der Waals surface area contributed by atoms with Gasteiger partial charge in [0.25, 0.3) is 0 Å². The van der Waals surface area contributed by atoms with E-state index < -0.39 is 0 Å². The summed E-state index contributed by atoms with van der Waals surface area (Å²) >= 11 is 0. The van der Waals surface area contributed by atoms with Crippen LogP contribution in [0.15, 0.2) is 24.3 Å². The number of carbonyl (C=O) groups is 1. The van der Waals surface area contributed by atoms with Crippen LogP contribution in [0.1, 0.15) is 17.5 Å². The quantitative estimate of drug-likeness (QED) is 0.744. The standard InChI is InChI=1S/C14H22N2O2/c1-16(2)14(17)8-9-15-10-12-6-4-5-7-13(12)11-18-3/h4-7,15H,8-11H2,1-3H3. The molecule has 1 aromatic rings. The Kier molecular flexibility index (Phi) is 6.39. The molecule has 18 heavy (non-hydrogen) atoms. The maximum atomic E-state index is 11.4. The molecule has 0 heterocycles. The summed E-state index contributed by atoms with van der Waals surface area (Å²) in [4.78, 5) is 13.0. The van der Waals surface area contributed by atoms with Crippen LogP contribution >= 0.6 is 0 Å². The Balaban J connectivity index is 2.37. The number of methoxy groups -OCH3 is 1. The summed E-state index contributed by atoms with van der Waals surface area (Å²) in [5, 5.41) is 3.28. The van der Waals surface area contributed by atoms with E-state index in [0.29, 0.717) is 19.6 Å². The van der Waals surface area contributed by atoms with Gasteiger partial charge in [-0.1, -0.05) is 24.3 Å². The largest absolute Gasteiger partial charge is 0.380 e. The van der Waals surface area contributed by atoms with Crippen molar-refractivity contribution in [3.05, 3.63) is 35.4 Å². The van der Waals surface area contributed by atoms with Crippen LogP contribution in [0.3, 0.4) is 0 Å². The maximum Gasteiger partial charge on any atom is 0.223 e. The molecular weight excluding hydrogens is 228 g/mol. The molecule has 0 aliphatic rings. The van der Waals surface area contributed by atoms with Gasteiger partial charge in [0.2, 0.25) is 5.91 Å². The Bertz CT molecular complexity index is 378. The summed E-state index contributed by atoms with van der Waals surface area (Å²) < 4.78 is 5.16. The molecule has 1 aromatic carbocycles. The van der Waals surface area contributed by atoms with Gasteiger partial charge in [0.1, 0.15) is 0 Å². The molecule has 0 saturated heterocycles. The monoisotopic (exact) mass is 250 g/mol. The van der Waals surface area contributed by atoms with Gasteiger partial charge in [0.05, 0.1) is 6.61 Å². The van der Waals surface area contributed by atoms with Crippen LogP contribution in [0, 0.1) is 0 Å². The molecule has 100 valence electrons. The molecule has 4 nitrogen and oxygen atoms in total. The first-order valence-corrected chi connectivity index (χ1v) is 6.11. The number of amides is 1. The van der Waals surface area contributed by atoms with Crippen molar-refractivity contribution in [2.24, 2.45) is 0 Å². The fourth-order valence-electron chi connectivity index (χ4n) is 1.67. The molecular formula is C14H22N2O2. The molecule has 0 spiro atoms. The second-order valence-corrected chi connectivity index (χ2v) is 4.42. The average molecular weight is 250 g/mol. The van der Waals surface area contributed by atoms with Gasteiger partial charge in [-0.2, -0.15) is 0 Å². The molecule has 0 radical (unpaired) electrons. The lowest BCUT2D eigenvalue weighted by Gasteiger charge is -2.12. The lowest BCUT2D eigenvalue weighted by molar-refractivity contribution is -0.128. The van der Waals surface area contributed by atoms with Crippen LogP contribution in [-0.4, -0.2) is 38.6 Å². The Morgan fingerprint density at radius 1 is 1.28 bits per heavy atom. The van der Waals surface area contributed by atoms with E-state index in [4.69, 9.17) is 4.74 Å². The first-order valence-electron chi connectivity index (χ1n) is 6.11. The zero-order chi connectivity index (χ0) is 13.4. The molecule has 0 aliphatic carbocycles. The third kappa shape index (κ3) is 4.85. The van der Waals surface area contributed by atoms with E-state index in [9.17, 15) is 4.79 Å². The van der Waals surface area contributed by atoms with Crippen molar-refractivity contribution in [2.75, 3.05) is 27.7 Å². The molecule has 0 atom stereocenters. The molecule has 1 N–H and O–H groups in total. The van der Waals surface area contributed by atoms with E-state index in [1.807, 2.05) is 12.1 Å². The van der Waals surface area contributed by atoms with Gasteiger partial charge in [-0.05, 0) is 11.1 Å². The van der Waals surface area contributed by atoms with Crippen molar-refractivity contribution in [1.82, 2.24) is 10.2 Å². The number of hydrogen-bond acceptors (Lipinski definition) is 3. The Hall–Kier alpha value is -1.39. The van der Waals surface area contributed by atoms with E-state index in [-0.39, 0.29) is 5.91 Å². The molecule has 0 aliphatic heterocycles. The highest BCUT2D eigenvalue weighted by Crippen LogP contribution is 2.09. The van der Waals surface area contributed by atoms with E-state index in [1.54, 1.807) is 26.1 Å². The molecule has 0 fully saturated rings. The van der Waals surface area contributed by atoms with E-state index >= 15 is 0 Å². The fraction of sp³-hybridized carbons (Fsp3) is 0.500. The maximum absolute atomic E-state index is 11.4. The second-order valence-electron chi connectivity index (χ2n) is 4.42. The molecule has 0 bridgehead atoms. The van der Waals surface area contributed by atoms with Gasteiger partial charge in [-0.3, -0.25) is 4.79 Å². The van der Waals surface area contributed by atoms with Crippen LogP contribution in [0.25, 0.3) is 0 Å². The van der Waals surface area contributed by atoms with Gasteiger partial charge in [-0.15, -0.1) is 0 Å². The van der Waals surface area contributed by atoms with E-state index in [0.717, 1.165) is 6.54 Å². The summed E-state index contributed by atoms with van der Waals surface area (Å²) in [5.41, 5.74) is 2.41. The minimum atomic E-state index is 0.146. The first kappa shape index (κ1) is 14.7. The van der Waals surface area contributed by atoms with Crippen LogP contribution < -0.4 is 5.32 Å². The minimum Gasteiger partial charge on any atom is -0.380 e. The molecule has 0 unspecified atom stereocenters. The topological polar surface area (TPSA) is 41.6 Å². The van der Waals surface area contributed by atoms with E-state index in [1.165, 1.54) is 11.1 Å². The third-order valence-corrected chi connectivity index (χ3v) is 2.75. The first-order chi connectivity index (χ1) is 8.65. The highest BCUT2D eigenvalue weighted by Gasteiger charge is 2.04. The van der Waals surface area contributed by atoms with Gasteiger partial charge in [-0.25, -0.2) is 0 Å². The van der Waals surface area contributed by atoms with Crippen molar-refractivity contribution >= 4 is 5.91 Å². The number of benzene rings is 1. The minimum absolute atomic E-state index is 0.146. The number of nitrogens with one attached hydrogen (secondary N) is 1. The Labute approximate surface area is 109 Å². The van der Waals surface area contributed by atoms with Gasteiger partial charge in [0.15, 0.2) is 0 Å². The summed E-state index contributed by atoms with van der Waals surface area (Å²) in [6.07, 6.45) is 0.527. The van der Waals surface area contributed by atoms with Crippen LogP contribution in [0.2, 0.25) is 0 Å². The van der Waals surface area contributed by atoms with Gasteiger partial charge in [0, 0.05) is 40.7 Å². The van der Waals surface area contributed by atoms with Crippen molar-refractivity contribution < 1.29 is 9.53 Å². The number of carbonyl (C=O) groups excluding carboxylic acids is 1. The molecule has 1 amide bonds. The number of hydrogen-bond donors (Lipinski definition) is 1. The number of nitrogens with zero attached hydrogens (tertiary/aromatic N) is 1. The zero-order valence-corrected chi connectivity index (χ0v) is 11.4. The number of rotatable bonds is 7. The van der Waals surface area contributed by atoms with Crippen molar-refractivity contribution in [3.63, 3.8) is 0 Å². The predicted molar refractivity (Wildman–Crippen MR) is 72.2 cm³/mol. The van der Waals surface area contributed by atoms with Crippen molar-refractivity contribution in [3.8, 4) is 0 Å². The lowest BCUT2D eigenvalue weighted by Crippen LogP contribution is -2.26. The Morgan fingerprint density at radius 2 is 1.94 bits per heavy atom. The average Bonchev–Trinajstić information content (AvgIpc) is 2.36. The Morgan fingerprint density at radius 3 is 2.56 bits per heavy atom. The van der Waals surface area contributed by atoms with Crippen LogP contribution in [0.4, 0.5) is 0 Å². The van der Waals surface area contributed by atoms with Crippen LogP contribution in [0.5, 0.6) is 0 Å². The predicted octanol–water partition coefficient (Wildman–Crippen LogP) is 1.40. The smallest absolute Gasteiger partial charge is 0.223 e. The van der Waals surface area contributed by atoms with Crippen molar-refractivity contribution in [1.29, 1.82) is 0 Å². The third-order valence-electron chi connectivity index (χ3n) is 2.75. The van der Waals surface area contributed by atoms with Crippen LogP contribution in [-0.2, 0) is 22.7 Å². The molecule has 0 aromatic heterocycles. The summed E-state index contributed by atoms with van der Waals surface area (Å²) in [5.74, 6) is 0.146. The molecule has 0 saturated carbocycles. The summed E-state index contributed by atoms with van der Waals surface area (Å²) in [7, 11) is 5.24. The zero-order valence-electron chi connectivity index (χ0n) is 11.4. The molecule has 4 heteroatoms. The second kappa shape index (κ2) is 7.84. The van der Waals surface area contributed by atoms with Gasteiger partial charge >= 0.3 is 0 Å². The van der Waals surface area contributed by atoms with Gasteiger partial charge < -0.3 is 15.0 Å². The lowest BCUT2D eigenvalue weighted by atomic mass is 10.1. The van der Waals surface area contributed by atoms with Crippen molar-refractivity contribution in [2.45, 2.75) is 19.6 Å². The fourth-order valence-corrected chi connectivity index (χ4v) is 1.67.